The van der Waals surface area contributed by atoms with Gasteiger partial charge in [-0.05, 0) is 6.42 Å². The highest BCUT2D eigenvalue weighted by molar-refractivity contribution is 4.63. The molecule has 8 heteroatoms. The first-order valence-electron chi connectivity index (χ1n) is 6.41. The fourth-order valence-electron chi connectivity index (χ4n) is 1.76. The van der Waals surface area contributed by atoms with Crippen molar-refractivity contribution >= 4 is 0 Å². The number of rotatable bonds is 8. The number of aromatic nitrogens is 4. The molecule has 2 aromatic heterocycles. The summed E-state index contributed by atoms with van der Waals surface area (Å²) in [6, 6.07) is 0. The van der Waals surface area contributed by atoms with Gasteiger partial charge >= 0.3 is 0 Å². The third-order valence-electron chi connectivity index (χ3n) is 2.71. The molecule has 0 saturated heterocycles. The third-order valence-corrected chi connectivity index (χ3v) is 2.71. The molecule has 0 aromatic carbocycles. The number of ether oxygens (including phenoxy) is 2. The van der Waals surface area contributed by atoms with Gasteiger partial charge in [-0.1, -0.05) is 0 Å². The van der Waals surface area contributed by atoms with Gasteiger partial charge in [0.1, 0.15) is 24.8 Å². The van der Waals surface area contributed by atoms with Gasteiger partial charge in [0.05, 0.1) is 27.3 Å². The van der Waals surface area contributed by atoms with Crippen LogP contribution >= 0.6 is 0 Å². The molecule has 0 saturated carbocycles. The first kappa shape index (κ1) is 19.9. The number of nitrogens with zero attached hydrogens (tertiary/aromatic N) is 4. The topological polar surface area (TPSA) is 36.1 Å². The molecule has 0 atom stereocenters. The Labute approximate surface area is 137 Å². The van der Waals surface area contributed by atoms with Gasteiger partial charge in [0, 0.05) is 0 Å². The quantitative estimate of drug-likeness (QED) is 0.355. The van der Waals surface area contributed by atoms with E-state index in [0.717, 1.165) is 6.42 Å². The van der Waals surface area contributed by atoms with E-state index in [1.807, 2.05) is 69.8 Å². The van der Waals surface area contributed by atoms with Crippen molar-refractivity contribution in [2.45, 2.75) is 19.9 Å². The fraction of sp³-hybridized carbons (Fsp3) is 0.538. The number of aryl methyl sites for hydroxylation is 2. The van der Waals surface area contributed by atoms with Crippen LogP contribution in [0, 0.1) is 0 Å². The van der Waals surface area contributed by atoms with E-state index < -0.39 is 0 Å². The minimum absolute atomic E-state index is 0. The fourth-order valence-corrected chi connectivity index (χ4v) is 1.76. The molecule has 0 spiro atoms. The maximum Gasteiger partial charge on any atom is 0.245 e. The van der Waals surface area contributed by atoms with E-state index in [2.05, 4.69) is 0 Å². The predicted molar refractivity (Wildman–Crippen MR) is 67.7 cm³/mol. The standard InChI is InChI=1S/C13H22N4O2.2ClH/c1-14-4-6-16(10-14)12-18-8-3-9-19-13-17-7-5-15(2)11-17;;/h4-7,10-11H,3,8-9,12-13H2,1-2H3;2*1H/q+2;;/p-2. The van der Waals surface area contributed by atoms with Gasteiger partial charge in [0.15, 0.2) is 13.5 Å². The van der Waals surface area contributed by atoms with E-state index in [-0.39, 0.29) is 24.8 Å². The summed E-state index contributed by atoms with van der Waals surface area (Å²) >= 11 is 0. The molecule has 0 aliphatic carbocycles. The van der Waals surface area contributed by atoms with Crippen LogP contribution in [0.1, 0.15) is 6.42 Å². The van der Waals surface area contributed by atoms with Crippen molar-refractivity contribution in [1.82, 2.24) is 9.13 Å². The molecule has 0 N–H and O–H groups in total. The Morgan fingerprint density at radius 3 is 1.57 bits per heavy atom. The lowest BCUT2D eigenvalue weighted by atomic mass is 10.5. The van der Waals surface area contributed by atoms with Gasteiger partial charge < -0.3 is 34.3 Å². The predicted octanol–water partition coefficient (Wildman–Crippen LogP) is -6.01. The summed E-state index contributed by atoms with van der Waals surface area (Å²) in [6.07, 6.45) is 12.8. The molecule has 0 bridgehead atoms. The second-order valence-electron chi connectivity index (χ2n) is 4.61. The lowest BCUT2D eigenvalue weighted by Gasteiger charge is -2.02. The molecule has 2 aromatic rings. The molecule has 2 rings (SSSR count). The summed E-state index contributed by atoms with van der Waals surface area (Å²) < 4.78 is 19.1. The Hall–Kier alpha value is -1.08. The zero-order chi connectivity index (χ0) is 13.5. The summed E-state index contributed by atoms with van der Waals surface area (Å²) in [4.78, 5) is 0. The van der Waals surface area contributed by atoms with Crippen LogP contribution < -0.4 is 33.9 Å². The zero-order valence-electron chi connectivity index (χ0n) is 12.4. The van der Waals surface area contributed by atoms with Crippen molar-refractivity contribution in [3.05, 3.63) is 37.4 Å². The Morgan fingerprint density at radius 2 is 1.24 bits per heavy atom. The smallest absolute Gasteiger partial charge is 0.245 e. The minimum Gasteiger partial charge on any atom is -1.00 e. The summed E-state index contributed by atoms with van der Waals surface area (Å²) in [6.45, 7) is 2.60. The average Bonchev–Trinajstić information content (AvgIpc) is 2.97. The van der Waals surface area contributed by atoms with Crippen molar-refractivity contribution in [2.24, 2.45) is 14.1 Å². The van der Waals surface area contributed by atoms with Crippen LogP contribution in [0.15, 0.2) is 37.4 Å². The molecule has 0 amide bonds. The Morgan fingerprint density at radius 1 is 0.810 bits per heavy atom. The number of imidazole rings is 2. The van der Waals surface area contributed by atoms with E-state index in [1.165, 1.54) is 0 Å². The molecule has 0 unspecified atom stereocenters. The largest absolute Gasteiger partial charge is 1.00 e. The van der Waals surface area contributed by atoms with Gasteiger partial charge in [-0.2, -0.15) is 0 Å². The van der Waals surface area contributed by atoms with Crippen LogP contribution in [-0.2, 0) is 37.0 Å². The second kappa shape index (κ2) is 10.6. The zero-order valence-corrected chi connectivity index (χ0v) is 13.9. The Balaban J connectivity index is 0.00000200. The average molecular weight is 337 g/mol. The van der Waals surface area contributed by atoms with E-state index in [1.54, 1.807) is 0 Å². The molecule has 0 aliphatic rings. The highest BCUT2D eigenvalue weighted by atomic mass is 35.5. The van der Waals surface area contributed by atoms with Crippen molar-refractivity contribution in [3.8, 4) is 0 Å². The van der Waals surface area contributed by atoms with Crippen LogP contribution in [-0.4, -0.2) is 22.3 Å². The lowest BCUT2D eigenvalue weighted by Crippen LogP contribution is -3.00. The molecule has 0 aliphatic heterocycles. The van der Waals surface area contributed by atoms with Crippen LogP contribution in [0.4, 0.5) is 0 Å². The van der Waals surface area contributed by atoms with E-state index >= 15 is 0 Å². The number of halogens is 2. The van der Waals surface area contributed by atoms with Gasteiger partial charge in [-0.3, -0.25) is 0 Å². The Bertz CT molecular complexity index is 458. The van der Waals surface area contributed by atoms with Crippen LogP contribution in [0.2, 0.25) is 0 Å². The van der Waals surface area contributed by atoms with E-state index in [4.69, 9.17) is 9.47 Å². The lowest BCUT2D eigenvalue weighted by molar-refractivity contribution is -0.671. The normalized spacial score (nSPS) is 10.0. The molecular weight excluding hydrogens is 315 g/mol. The highest BCUT2D eigenvalue weighted by Gasteiger charge is 2.00. The molecule has 120 valence electrons. The molecule has 0 radical (unpaired) electrons. The van der Waals surface area contributed by atoms with Gasteiger partial charge in [0.25, 0.3) is 0 Å². The molecule has 2 heterocycles. The van der Waals surface area contributed by atoms with Crippen LogP contribution in [0.3, 0.4) is 0 Å². The van der Waals surface area contributed by atoms with E-state index in [0.29, 0.717) is 26.7 Å². The van der Waals surface area contributed by atoms with E-state index in [9.17, 15) is 0 Å². The SMILES string of the molecule is C[n+]1ccn(COCCCOCn2cc[n+](C)c2)c1.[Cl-].[Cl-]. The van der Waals surface area contributed by atoms with Crippen molar-refractivity contribution in [3.63, 3.8) is 0 Å². The number of hydrogen-bond acceptors (Lipinski definition) is 2. The molecule has 0 fully saturated rings. The van der Waals surface area contributed by atoms with Gasteiger partial charge in [-0.15, -0.1) is 0 Å². The summed E-state index contributed by atoms with van der Waals surface area (Å²) in [5.41, 5.74) is 0. The number of hydrogen-bond donors (Lipinski definition) is 0. The summed E-state index contributed by atoms with van der Waals surface area (Å²) in [7, 11) is 3.98. The van der Waals surface area contributed by atoms with Crippen molar-refractivity contribution < 1.29 is 43.4 Å². The van der Waals surface area contributed by atoms with Crippen LogP contribution in [0.5, 0.6) is 0 Å². The monoisotopic (exact) mass is 336 g/mol. The maximum atomic E-state index is 5.55. The minimum atomic E-state index is 0. The van der Waals surface area contributed by atoms with Gasteiger partial charge in [0.2, 0.25) is 12.7 Å². The summed E-state index contributed by atoms with van der Waals surface area (Å²) in [5, 5.41) is 0. The van der Waals surface area contributed by atoms with Crippen LogP contribution in [0.25, 0.3) is 0 Å². The maximum absolute atomic E-state index is 5.55. The molecular formula is C13H22Cl2N4O2. The van der Waals surface area contributed by atoms with Gasteiger partial charge in [-0.25, -0.2) is 18.3 Å². The molecule has 6 nitrogen and oxygen atoms in total. The van der Waals surface area contributed by atoms with Crippen molar-refractivity contribution in [2.75, 3.05) is 13.2 Å². The third kappa shape index (κ3) is 7.47. The Kier molecular flexibility index (Phi) is 10.1. The first-order chi connectivity index (χ1) is 9.24. The highest BCUT2D eigenvalue weighted by Crippen LogP contribution is 1.91. The van der Waals surface area contributed by atoms with Crippen molar-refractivity contribution in [1.29, 1.82) is 0 Å². The molecule has 21 heavy (non-hydrogen) atoms. The first-order valence-corrected chi connectivity index (χ1v) is 6.41. The second-order valence-corrected chi connectivity index (χ2v) is 4.61. The summed E-state index contributed by atoms with van der Waals surface area (Å²) in [5.74, 6) is 0.